The third-order valence-corrected chi connectivity index (χ3v) is 3.64. The first-order valence-corrected chi connectivity index (χ1v) is 7.47. The Balaban J connectivity index is 2.15. The van der Waals surface area contributed by atoms with Gasteiger partial charge < -0.3 is 14.8 Å². The van der Waals surface area contributed by atoms with Crippen LogP contribution in [0.5, 0.6) is 0 Å². The lowest BCUT2D eigenvalue weighted by molar-refractivity contribution is -0.110. The summed E-state index contributed by atoms with van der Waals surface area (Å²) in [6, 6.07) is 8.51. The van der Waals surface area contributed by atoms with E-state index in [-0.39, 0.29) is 5.91 Å². The molecule has 0 saturated heterocycles. The highest BCUT2D eigenvalue weighted by atomic mass is 16.5. The van der Waals surface area contributed by atoms with E-state index in [1.165, 1.54) is 7.11 Å². The van der Waals surface area contributed by atoms with Crippen LogP contribution in [0.4, 0.5) is 5.69 Å². The highest BCUT2D eigenvalue weighted by Gasteiger charge is 2.30. The van der Waals surface area contributed by atoms with Crippen molar-refractivity contribution in [2.24, 2.45) is 0 Å². The van der Waals surface area contributed by atoms with Crippen LogP contribution >= 0.6 is 0 Å². The molecule has 24 heavy (non-hydrogen) atoms. The van der Waals surface area contributed by atoms with E-state index in [4.69, 9.17) is 9.47 Å². The maximum absolute atomic E-state index is 12.5. The molecule has 1 aromatic carbocycles. The van der Waals surface area contributed by atoms with Crippen molar-refractivity contribution < 1.29 is 19.1 Å². The molecule has 6 nitrogen and oxygen atoms in total. The van der Waals surface area contributed by atoms with Crippen molar-refractivity contribution >= 4 is 28.9 Å². The number of carbonyl (C=O) groups is 2. The minimum atomic E-state index is -0.455. The van der Waals surface area contributed by atoms with Gasteiger partial charge in [-0.15, -0.1) is 0 Å². The summed E-state index contributed by atoms with van der Waals surface area (Å²) >= 11 is 0. The normalized spacial score (nSPS) is 14.7. The number of esters is 1. The van der Waals surface area contributed by atoms with Crippen LogP contribution in [0.2, 0.25) is 0 Å². The second-order valence-corrected chi connectivity index (χ2v) is 5.08. The van der Waals surface area contributed by atoms with Crippen molar-refractivity contribution in [1.29, 1.82) is 0 Å². The Morgan fingerprint density at radius 3 is 2.58 bits per heavy atom. The molecule has 1 N–H and O–H groups in total. The molecule has 1 aliphatic heterocycles. The number of aromatic nitrogens is 1. The number of methoxy groups -OCH3 is 1. The minimum Gasteiger partial charge on any atom is -0.492 e. The molecule has 2 heterocycles. The molecule has 1 aromatic heterocycles. The number of carbonyl (C=O) groups excluding carboxylic acids is 2. The smallest absolute Gasteiger partial charge is 0.337 e. The highest BCUT2D eigenvalue weighted by Crippen LogP contribution is 2.38. The summed E-state index contributed by atoms with van der Waals surface area (Å²) in [6.07, 6.45) is 3.28. The van der Waals surface area contributed by atoms with Crippen LogP contribution in [0.3, 0.4) is 0 Å². The summed E-state index contributed by atoms with van der Waals surface area (Å²) in [4.78, 5) is 28.1. The molecule has 0 radical (unpaired) electrons. The summed E-state index contributed by atoms with van der Waals surface area (Å²) < 4.78 is 10.4. The Morgan fingerprint density at radius 2 is 1.92 bits per heavy atom. The second-order valence-electron chi connectivity index (χ2n) is 5.08. The molecule has 122 valence electrons. The lowest BCUT2D eigenvalue weighted by Crippen LogP contribution is -2.07. The predicted octanol–water partition coefficient (Wildman–Crippen LogP) is 2.73. The molecule has 6 heteroatoms. The molecule has 0 fully saturated rings. The highest BCUT2D eigenvalue weighted by molar-refractivity contribution is 6.36. The van der Waals surface area contributed by atoms with Crippen molar-refractivity contribution in [2.45, 2.75) is 6.92 Å². The van der Waals surface area contributed by atoms with Gasteiger partial charge in [0.1, 0.15) is 5.76 Å². The molecule has 3 rings (SSSR count). The fraction of sp³-hybridized carbons (Fsp3) is 0.167. The third kappa shape index (κ3) is 2.74. The number of hydrogen-bond donors (Lipinski definition) is 1. The van der Waals surface area contributed by atoms with Crippen molar-refractivity contribution in [2.75, 3.05) is 19.0 Å². The number of nitrogens with zero attached hydrogens (tertiary/aromatic N) is 1. The molecule has 0 bridgehead atoms. The van der Waals surface area contributed by atoms with Crippen LogP contribution in [0.1, 0.15) is 28.4 Å². The number of hydrogen-bond acceptors (Lipinski definition) is 5. The van der Waals surface area contributed by atoms with Gasteiger partial charge >= 0.3 is 5.97 Å². The first-order chi connectivity index (χ1) is 11.7. The zero-order valence-electron chi connectivity index (χ0n) is 13.3. The van der Waals surface area contributed by atoms with Gasteiger partial charge in [0.2, 0.25) is 0 Å². The number of rotatable bonds is 4. The quantitative estimate of drug-likeness (QED) is 0.531. The molecular weight excluding hydrogens is 308 g/mol. The lowest BCUT2D eigenvalue weighted by atomic mass is 10.0. The Morgan fingerprint density at radius 1 is 1.17 bits per heavy atom. The maximum Gasteiger partial charge on any atom is 0.337 e. The average Bonchev–Trinajstić information content (AvgIpc) is 2.94. The predicted molar refractivity (Wildman–Crippen MR) is 89.1 cm³/mol. The van der Waals surface area contributed by atoms with Crippen molar-refractivity contribution in [3.8, 4) is 0 Å². The van der Waals surface area contributed by atoms with E-state index in [1.54, 1.807) is 42.7 Å². The van der Waals surface area contributed by atoms with Gasteiger partial charge in [-0.2, -0.15) is 0 Å². The van der Waals surface area contributed by atoms with Gasteiger partial charge in [-0.25, -0.2) is 4.79 Å². The van der Waals surface area contributed by atoms with Gasteiger partial charge in [0, 0.05) is 23.5 Å². The van der Waals surface area contributed by atoms with Crippen LogP contribution in [0, 0.1) is 0 Å². The van der Waals surface area contributed by atoms with Crippen LogP contribution in [0.25, 0.3) is 11.3 Å². The van der Waals surface area contributed by atoms with E-state index >= 15 is 0 Å². The molecule has 2 aromatic rings. The summed E-state index contributed by atoms with van der Waals surface area (Å²) in [5, 5.41) is 2.78. The zero-order chi connectivity index (χ0) is 17.1. The van der Waals surface area contributed by atoms with E-state index in [0.29, 0.717) is 34.8 Å². The fourth-order valence-electron chi connectivity index (χ4n) is 2.59. The van der Waals surface area contributed by atoms with E-state index in [0.717, 1.165) is 5.56 Å². The summed E-state index contributed by atoms with van der Waals surface area (Å²) in [6.45, 7) is 2.28. The van der Waals surface area contributed by atoms with Gasteiger partial charge in [0.25, 0.3) is 5.91 Å². The number of nitrogens with one attached hydrogen (secondary N) is 1. The number of benzene rings is 1. The molecule has 0 aliphatic carbocycles. The number of fused-ring (bicyclic) bond motifs is 1. The van der Waals surface area contributed by atoms with Crippen LogP contribution < -0.4 is 5.32 Å². The van der Waals surface area contributed by atoms with E-state index in [1.807, 2.05) is 6.92 Å². The molecule has 1 aliphatic rings. The lowest BCUT2D eigenvalue weighted by Gasteiger charge is -2.12. The Hall–Kier alpha value is -3.15. The van der Waals surface area contributed by atoms with Crippen molar-refractivity contribution in [3.05, 3.63) is 59.4 Å². The molecule has 0 spiro atoms. The average molecular weight is 324 g/mol. The molecular formula is C18H16N2O4. The molecule has 0 unspecified atom stereocenters. The minimum absolute atomic E-state index is 0.271. The van der Waals surface area contributed by atoms with Gasteiger partial charge in [-0.05, 0) is 31.2 Å². The number of ether oxygens (including phenoxy) is 2. The molecule has 1 amide bonds. The summed E-state index contributed by atoms with van der Waals surface area (Å²) in [7, 11) is 1.32. The Kier molecular flexibility index (Phi) is 4.29. The standard InChI is InChI=1S/C18H16N2O4/c1-3-24-16(11-6-8-19-9-7-11)15-13-5-4-12(18(22)23-2)10-14(13)20-17(15)21/h4-10H,3H2,1-2H3,(H,20,21)/b16-15+. The first kappa shape index (κ1) is 15.7. The van der Waals surface area contributed by atoms with Gasteiger partial charge in [-0.3, -0.25) is 9.78 Å². The van der Waals surface area contributed by atoms with Gasteiger partial charge in [-0.1, -0.05) is 6.07 Å². The number of anilines is 1. The van der Waals surface area contributed by atoms with Gasteiger partial charge in [0.15, 0.2) is 0 Å². The van der Waals surface area contributed by atoms with Crippen LogP contribution in [-0.4, -0.2) is 30.6 Å². The number of amides is 1. The third-order valence-electron chi connectivity index (χ3n) is 3.64. The first-order valence-electron chi connectivity index (χ1n) is 7.47. The van der Waals surface area contributed by atoms with Crippen LogP contribution in [0.15, 0.2) is 42.7 Å². The second kappa shape index (κ2) is 6.54. The van der Waals surface area contributed by atoms with E-state index < -0.39 is 5.97 Å². The van der Waals surface area contributed by atoms with Crippen molar-refractivity contribution in [1.82, 2.24) is 4.98 Å². The van der Waals surface area contributed by atoms with Crippen LogP contribution in [-0.2, 0) is 14.3 Å². The maximum atomic E-state index is 12.5. The SMILES string of the molecule is CCO/C(=C1/C(=O)Nc2cc(C(=O)OC)ccc21)c1ccncc1. The Labute approximate surface area is 139 Å². The monoisotopic (exact) mass is 324 g/mol. The van der Waals surface area contributed by atoms with Gasteiger partial charge in [0.05, 0.1) is 30.5 Å². The molecule has 0 atom stereocenters. The van der Waals surface area contributed by atoms with Crippen molar-refractivity contribution in [3.63, 3.8) is 0 Å². The number of pyridine rings is 1. The van der Waals surface area contributed by atoms with E-state index in [2.05, 4.69) is 10.3 Å². The largest absolute Gasteiger partial charge is 0.492 e. The Bertz CT molecular complexity index is 828. The van der Waals surface area contributed by atoms with E-state index in [9.17, 15) is 9.59 Å². The summed E-state index contributed by atoms with van der Waals surface area (Å²) in [5.74, 6) is -0.238. The fourth-order valence-corrected chi connectivity index (χ4v) is 2.59. The topological polar surface area (TPSA) is 77.5 Å². The zero-order valence-corrected chi connectivity index (χ0v) is 13.3. The summed E-state index contributed by atoms with van der Waals surface area (Å²) in [5.41, 5.74) is 2.83. The molecule has 0 saturated carbocycles.